The zero-order valence-corrected chi connectivity index (χ0v) is 12.9. The van der Waals surface area contributed by atoms with Crippen molar-refractivity contribution in [3.8, 4) is 0 Å². The molecule has 0 aliphatic heterocycles. The molecule has 108 valence electrons. The van der Waals surface area contributed by atoms with E-state index < -0.39 is 0 Å². The number of halogens is 1. The molecule has 0 aliphatic rings. The highest BCUT2D eigenvalue weighted by atomic mass is 79.9. The molecule has 8 heteroatoms. The summed E-state index contributed by atoms with van der Waals surface area (Å²) in [6.07, 6.45) is 1.52. The number of nitrogens with one attached hydrogen (secondary N) is 1. The van der Waals surface area contributed by atoms with Gasteiger partial charge >= 0.3 is 0 Å². The van der Waals surface area contributed by atoms with Crippen LogP contribution in [-0.2, 0) is 13.6 Å². The van der Waals surface area contributed by atoms with Crippen molar-refractivity contribution < 1.29 is 0 Å². The molecule has 0 amide bonds. The molecule has 0 saturated heterocycles. The van der Waals surface area contributed by atoms with E-state index in [2.05, 4.69) is 36.7 Å². The first-order chi connectivity index (χ1) is 10.1. The molecule has 0 unspecified atom stereocenters. The number of hydrogen-bond acceptors (Lipinski definition) is 5. The zero-order chi connectivity index (χ0) is 14.8. The normalized spacial score (nSPS) is 11.0. The summed E-state index contributed by atoms with van der Waals surface area (Å²) in [5.74, 6) is 0. The summed E-state index contributed by atoms with van der Waals surface area (Å²) >= 11 is 3.39. The van der Waals surface area contributed by atoms with Crippen molar-refractivity contribution in [1.82, 2.24) is 24.8 Å². The van der Waals surface area contributed by atoms with Gasteiger partial charge < -0.3 is 5.32 Å². The molecule has 1 aromatic carbocycles. The van der Waals surface area contributed by atoms with Crippen molar-refractivity contribution in [3.63, 3.8) is 0 Å². The largest absolute Gasteiger partial charge is 0.383 e. The molecule has 0 bridgehead atoms. The minimum atomic E-state index is -0.175. The van der Waals surface area contributed by atoms with Gasteiger partial charge in [-0.15, -0.1) is 5.10 Å². The number of benzene rings is 1. The topological polar surface area (TPSA) is 77.6 Å². The molecule has 2 heterocycles. The minimum Gasteiger partial charge on any atom is -0.383 e. The molecule has 0 aliphatic carbocycles. The highest BCUT2D eigenvalue weighted by molar-refractivity contribution is 9.10. The molecule has 3 aromatic rings. The molecule has 0 fully saturated rings. The van der Waals surface area contributed by atoms with E-state index in [1.54, 1.807) is 7.05 Å². The zero-order valence-electron chi connectivity index (χ0n) is 11.3. The smallest absolute Gasteiger partial charge is 0.280 e. The van der Waals surface area contributed by atoms with Gasteiger partial charge in [0.2, 0.25) is 0 Å². The van der Waals surface area contributed by atoms with Crippen LogP contribution in [0.4, 0.5) is 5.69 Å². The number of rotatable bonds is 4. The maximum absolute atomic E-state index is 12.2. The summed E-state index contributed by atoms with van der Waals surface area (Å²) in [4.78, 5) is 12.2. The first kappa shape index (κ1) is 13.7. The van der Waals surface area contributed by atoms with Gasteiger partial charge in [-0.05, 0) is 24.3 Å². The van der Waals surface area contributed by atoms with Gasteiger partial charge in [-0.1, -0.05) is 21.1 Å². The van der Waals surface area contributed by atoms with Crippen LogP contribution < -0.4 is 10.9 Å². The molecule has 1 N–H and O–H groups in total. The van der Waals surface area contributed by atoms with Crippen molar-refractivity contribution in [2.45, 2.75) is 6.54 Å². The van der Waals surface area contributed by atoms with Crippen molar-refractivity contribution in [2.24, 2.45) is 7.05 Å². The lowest BCUT2D eigenvalue weighted by Crippen LogP contribution is -2.27. The van der Waals surface area contributed by atoms with E-state index >= 15 is 0 Å². The predicted octanol–water partition coefficient (Wildman–Crippen LogP) is 1.40. The lowest BCUT2D eigenvalue weighted by molar-refractivity contribution is 0.563. The van der Waals surface area contributed by atoms with Crippen LogP contribution in [0.2, 0.25) is 0 Å². The fourth-order valence-electron chi connectivity index (χ4n) is 2.00. The van der Waals surface area contributed by atoms with Crippen molar-refractivity contribution >= 4 is 32.7 Å². The van der Waals surface area contributed by atoms with Crippen LogP contribution in [0.3, 0.4) is 0 Å². The summed E-state index contributed by atoms with van der Waals surface area (Å²) in [6, 6.07) is 7.83. The number of aromatic nitrogens is 5. The van der Waals surface area contributed by atoms with Crippen molar-refractivity contribution in [1.29, 1.82) is 0 Å². The van der Waals surface area contributed by atoms with E-state index in [1.165, 1.54) is 15.6 Å². The van der Waals surface area contributed by atoms with Gasteiger partial charge in [0.25, 0.3) is 5.56 Å². The van der Waals surface area contributed by atoms with Crippen LogP contribution >= 0.6 is 15.9 Å². The van der Waals surface area contributed by atoms with E-state index in [4.69, 9.17) is 0 Å². The molecule has 7 nitrogen and oxygen atoms in total. The Bertz CT molecular complexity index is 823. The molecule has 0 atom stereocenters. The average molecular weight is 349 g/mol. The second-order valence-corrected chi connectivity index (χ2v) is 5.47. The van der Waals surface area contributed by atoms with Gasteiger partial charge in [0.15, 0.2) is 5.65 Å². The van der Waals surface area contributed by atoms with E-state index in [0.717, 1.165) is 10.2 Å². The van der Waals surface area contributed by atoms with Crippen LogP contribution in [0.5, 0.6) is 0 Å². The molecule has 3 rings (SSSR count). The SMILES string of the molecule is Cn1ncc2c(=O)n(CCNc3ccc(Br)cc3)nnc21. The predicted molar refractivity (Wildman–Crippen MR) is 83.2 cm³/mol. The van der Waals surface area contributed by atoms with Gasteiger partial charge in [0, 0.05) is 23.8 Å². The third kappa shape index (κ3) is 2.80. The molecular weight excluding hydrogens is 336 g/mol. The van der Waals surface area contributed by atoms with Gasteiger partial charge in [-0.2, -0.15) is 5.10 Å². The first-order valence-electron chi connectivity index (χ1n) is 6.40. The molecule has 2 aromatic heterocycles. The fourth-order valence-corrected chi connectivity index (χ4v) is 2.26. The number of hydrogen-bond donors (Lipinski definition) is 1. The van der Waals surface area contributed by atoms with Crippen LogP contribution in [0, 0.1) is 0 Å². The Morgan fingerprint density at radius 2 is 2.05 bits per heavy atom. The highest BCUT2D eigenvalue weighted by Gasteiger charge is 2.08. The first-order valence-corrected chi connectivity index (χ1v) is 7.19. The lowest BCUT2D eigenvalue weighted by atomic mass is 10.3. The lowest BCUT2D eigenvalue weighted by Gasteiger charge is -2.07. The van der Waals surface area contributed by atoms with Gasteiger partial charge in [0.1, 0.15) is 5.39 Å². The van der Waals surface area contributed by atoms with E-state index in [1.807, 2.05) is 24.3 Å². The second-order valence-electron chi connectivity index (χ2n) is 4.56. The fraction of sp³-hybridized carbons (Fsp3) is 0.231. The van der Waals surface area contributed by atoms with Gasteiger partial charge in [-0.25, -0.2) is 9.36 Å². The standard InChI is InChI=1S/C13H13BrN6O/c1-19-12-11(8-16-19)13(21)20(18-17-12)7-6-15-10-4-2-9(14)3-5-10/h2-5,8,15H,6-7H2,1H3. The second kappa shape index (κ2) is 5.65. The van der Waals surface area contributed by atoms with E-state index in [-0.39, 0.29) is 5.56 Å². The molecule has 0 saturated carbocycles. The van der Waals surface area contributed by atoms with E-state index in [0.29, 0.717) is 24.1 Å². The minimum absolute atomic E-state index is 0.175. The maximum Gasteiger partial charge on any atom is 0.280 e. The highest BCUT2D eigenvalue weighted by Crippen LogP contribution is 2.13. The number of aryl methyl sites for hydroxylation is 1. The summed E-state index contributed by atoms with van der Waals surface area (Å²) in [6.45, 7) is 1.02. The molecule has 21 heavy (non-hydrogen) atoms. The Morgan fingerprint density at radius 1 is 1.29 bits per heavy atom. The van der Waals surface area contributed by atoms with Gasteiger partial charge in [0.05, 0.1) is 12.7 Å². The molecular formula is C13H13BrN6O. The molecule has 0 spiro atoms. The number of anilines is 1. The van der Waals surface area contributed by atoms with Crippen molar-refractivity contribution in [2.75, 3.05) is 11.9 Å². The Balaban J connectivity index is 1.72. The van der Waals surface area contributed by atoms with E-state index in [9.17, 15) is 4.79 Å². The van der Waals surface area contributed by atoms with Crippen LogP contribution in [0.1, 0.15) is 0 Å². The number of nitrogens with zero attached hydrogens (tertiary/aromatic N) is 5. The average Bonchev–Trinajstić information content (AvgIpc) is 2.86. The Kier molecular flexibility index (Phi) is 3.70. The quantitative estimate of drug-likeness (QED) is 0.771. The summed E-state index contributed by atoms with van der Waals surface area (Å²) < 4.78 is 3.90. The summed E-state index contributed by atoms with van der Waals surface area (Å²) in [7, 11) is 1.73. The molecule has 0 radical (unpaired) electrons. The van der Waals surface area contributed by atoms with Crippen LogP contribution in [-0.4, -0.2) is 31.3 Å². The van der Waals surface area contributed by atoms with Crippen molar-refractivity contribution in [3.05, 3.63) is 45.3 Å². The Hall–Kier alpha value is -2.22. The van der Waals surface area contributed by atoms with Crippen LogP contribution in [0.25, 0.3) is 11.0 Å². The number of fused-ring (bicyclic) bond motifs is 1. The summed E-state index contributed by atoms with van der Waals surface area (Å²) in [5.41, 5.74) is 1.31. The maximum atomic E-state index is 12.2. The van der Waals surface area contributed by atoms with Crippen LogP contribution in [0.15, 0.2) is 39.7 Å². The summed E-state index contributed by atoms with van der Waals surface area (Å²) in [5, 5.41) is 15.7. The Morgan fingerprint density at radius 3 is 2.81 bits per heavy atom. The monoisotopic (exact) mass is 348 g/mol. The Labute approximate surface area is 128 Å². The third-order valence-corrected chi connectivity index (χ3v) is 3.65. The third-order valence-electron chi connectivity index (χ3n) is 3.12. The van der Waals surface area contributed by atoms with Gasteiger partial charge in [-0.3, -0.25) is 4.79 Å².